The largest absolute Gasteiger partial charge is 0.376 e. The first kappa shape index (κ1) is 16.4. The van der Waals surface area contributed by atoms with Gasteiger partial charge in [-0.3, -0.25) is 0 Å². The average Bonchev–Trinajstić information content (AvgIpc) is 3.16. The molecule has 1 N–H and O–H groups in total. The van der Waals surface area contributed by atoms with Gasteiger partial charge in [0.2, 0.25) is 5.95 Å². The van der Waals surface area contributed by atoms with Gasteiger partial charge in [-0.2, -0.15) is 4.98 Å². The van der Waals surface area contributed by atoms with E-state index >= 15 is 0 Å². The Labute approximate surface area is 137 Å². The van der Waals surface area contributed by atoms with Crippen molar-refractivity contribution in [2.24, 2.45) is 0 Å². The van der Waals surface area contributed by atoms with Crippen molar-refractivity contribution in [3.05, 3.63) is 12.3 Å². The fourth-order valence-corrected chi connectivity index (χ4v) is 4.96. The summed E-state index contributed by atoms with van der Waals surface area (Å²) in [6.07, 6.45) is 4.77. The highest BCUT2D eigenvalue weighted by Gasteiger charge is 2.32. The van der Waals surface area contributed by atoms with Crippen molar-refractivity contribution in [2.45, 2.75) is 38.3 Å². The highest BCUT2D eigenvalue weighted by molar-refractivity contribution is 7.91. The average molecular weight is 340 g/mol. The van der Waals surface area contributed by atoms with Crippen LogP contribution in [0.3, 0.4) is 0 Å². The Balaban J connectivity index is 1.67. The molecule has 3 heterocycles. The number of rotatable bonds is 6. The monoisotopic (exact) mass is 340 g/mol. The van der Waals surface area contributed by atoms with Gasteiger partial charge in [0, 0.05) is 31.9 Å². The van der Waals surface area contributed by atoms with Crippen LogP contribution in [0.2, 0.25) is 0 Å². The van der Waals surface area contributed by atoms with Crippen LogP contribution >= 0.6 is 0 Å². The van der Waals surface area contributed by atoms with Gasteiger partial charge in [0.1, 0.15) is 5.82 Å². The lowest BCUT2D eigenvalue weighted by Gasteiger charge is -2.28. The summed E-state index contributed by atoms with van der Waals surface area (Å²) >= 11 is 0. The van der Waals surface area contributed by atoms with Crippen LogP contribution in [-0.2, 0) is 14.6 Å². The second-order valence-electron chi connectivity index (χ2n) is 6.10. The van der Waals surface area contributed by atoms with Crippen LogP contribution in [0.25, 0.3) is 0 Å². The van der Waals surface area contributed by atoms with Gasteiger partial charge < -0.3 is 15.0 Å². The van der Waals surface area contributed by atoms with Gasteiger partial charge in [0.05, 0.1) is 17.6 Å². The molecule has 0 saturated carbocycles. The van der Waals surface area contributed by atoms with E-state index in [4.69, 9.17) is 4.74 Å². The Hall–Kier alpha value is -1.41. The zero-order valence-corrected chi connectivity index (χ0v) is 14.3. The number of nitrogens with one attached hydrogen (secondary N) is 1. The first-order valence-corrected chi connectivity index (χ1v) is 10.0. The molecule has 0 radical (unpaired) electrons. The highest BCUT2D eigenvalue weighted by Crippen LogP contribution is 2.23. The fraction of sp³-hybridized carbons (Fsp3) is 0.733. The molecule has 0 spiro atoms. The standard InChI is InChI=1S/C15H24N4O3S/c1-2-19(12-6-9-23(20,21)11-12)14-5-7-16-15(18-14)17-10-13-4-3-8-22-13/h5,7,12-13H,2-4,6,8-11H2,1H3,(H,16,17,18). The summed E-state index contributed by atoms with van der Waals surface area (Å²) in [4.78, 5) is 10.9. The van der Waals surface area contributed by atoms with Crippen molar-refractivity contribution in [3.8, 4) is 0 Å². The maximum atomic E-state index is 11.7. The number of sulfone groups is 1. The molecule has 2 aliphatic rings. The Morgan fingerprint density at radius 1 is 1.43 bits per heavy atom. The summed E-state index contributed by atoms with van der Waals surface area (Å²) in [5.41, 5.74) is 0. The number of anilines is 2. The third-order valence-electron chi connectivity index (χ3n) is 4.44. The number of hydrogen-bond acceptors (Lipinski definition) is 7. The lowest BCUT2D eigenvalue weighted by Crippen LogP contribution is -2.36. The van der Waals surface area contributed by atoms with Crippen LogP contribution in [0.5, 0.6) is 0 Å². The van der Waals surface area contributed by atoms with E-state index in [0.717, 1.165) is 31.8 Å². The van der Waals surface area contributed by atoms with Crippen LogP contribution in [0.1, 0.15) is 26.2 Å². The van der Waals surface area contributed by atoms with E-state index in [2.05, 4.69) is 20.2 Å². The van der Waals surface area contributed by atoms with Gasteiger partial charge in [-0.1, -0.05) is 0 Å². The van der Waals surface area contributed by atoms with Gasteiger partial charge in [0.15, 0.2) is 9.84 Å². The Morgan fingerprint density at radius 3 is 2.96 bits per heavy atom. The summed E-state index contributed by atoms with van der Waals surface area (Å²) in [5.74, 6) is 1.82. The molecule has 7 nitrogen and oxygen atoms in total. The number of nitrogens with zero attached hydrogens (tertiary/aromatic N) is 3. The fourth-order valence-electron chi connectivity index (χ4n) is 3.23. The maximum Gasteiger partial charge on any atom is 0.224 e. The zero-order valence-electron chi connectivity index (χ0n) is 13.4. The number of ether oxygens (including phenoxy) is 1. The normalized spacial score (nSPS) is 26.3. The van der Waals surface area contributed by atoms with Crippen molar-refractivity contribution in [1.29, 1.82) is 0 Å². The predicted octanol–water partition coefficient (Wildman–Crippen LogP) is 1.08. The highest BCUT2D eigenvalue weighted by atomic mass is 32.2. The van der Waals surface area contributed by atoms with E-state index in [1.807, 2.05) is 13.0 Å². The summed E-state index contributed by atoms with van der Waals surface area (Å²) in [6, 6.07) is 1.84. The molecule has 0 bridgehead atoms. The van der Waals surface area contributed by atoms with E-state index < -0.39 is 9.84 Å². The van der Waals surface area contributed by atoms with Crippen molar-refractivity contribution >= 4 is 21.6 Å². The molecule has 0 amide bonds. The smallest absolute Gasteiger partial charge is 0.224 e. The minimum Gasteiger partial charge on any atom is -0.376 e. The summed E-state index contributed by atoms with van der Waals surface area (Å²) in [5, 5.41) is 3.22. The molecule has 8 heteroatoms. The molecule has 3 rings (SSSR count). The van der Waals surface area contributed by atoms with Gasteiger partial charge in [-0.25, -0.2) is 13.4 Å². The Bertz CT molecular complexity index is 631. The van der Waals surface area contributed by atoms with Crippen LogP contribution < -0.4 is 10.2 Å². The van der Waals surface area contributed by atoms with Crippen molar-refractivity contribution in [1.82, 2.24) is 9.97 Å². The first-order valence-electron chi connectivity index (χ1n) is 8.23. The summed E-state index contributed by atoms with van der Waals surface area (Å²) in [6.45, 7) is 4.27. The minimum absolute atomic E-state index is 0.00548. The number of hydrogen-bond donors (Lipinski definition) is 1. The van der Waals surface area contributed by atoms with Gasteiger partial charge in [0.25, 0.3) is 0 Å². The quantitative estimate of drug-likeness (QED) is 0.829. The second kappa shape index (κ2) is 7.00. The molecule has 2 unspecified atom stereocenters. The topological polar surface area (TPSA) is 84.4 Å². The zero-order chi connectivity index (χ0) is 16.3. The maximum absolute atomic E-state index is 11.7. The van der Waals surface area contributed by atoms with E-state index in [0.29, 0.717) is 18.9 Å². The Morgan fingerprint density at radius 2 is 2.30 bits per heavy atom. The molecule has 128 valence electrons. The van der Waals surface area contributed by atoms with E-state index in [1.165, 1.54) is 0 Å². The van der Waals surface area contributed by atoms with Crippen LogP contribution in [0.15, 0.2) is 12.3 Å². The van der Waals surface area contributed by atoms with Crippen molar-refractivity contribution in [2.75, 3.05) is 41.4 Å². The molecular weight excluding hydrogens is 316 g/mol. The molecule has 2 aliphatic heterocycles. The summed E-state index contributed by atoms with van der Waals surface area (Å²) in [7, 11) is -2.91. The van der Waals surface area contributed by atoms with Gasteiger partial charge in [-0.15, -0.1) is 0 Å². The molecule has 2 fully saturated rings. The molecule has 0 aliphatic carbocycles. The molecule has 2 atom stereocenters. The molecule has 1 aromatic heterocycles. The van der Waals surface area contributed by atoms with Crippen LogP contribution in [-0.4, -0.2) is 61.7 Å². The molecule has 0 aromatic carbocycles. The van der Waals surface area contributed by atoms with E-state index in [9.17, 15) is 8.42 Å². The minimum atomic E-state index is -2.91. The van der Waals surface area contributed by atoms with E-state index in [-0.39, 0.29) is 23.7 Å². The Kier molecular flexibility index (Phi) is 5.01. The predicted molar refractivity (Wildman–Crippen MR) is 89.6 cm³/mol. The van der Waals surface area contributed by atoms with Gasteiger partial charge >= 0.3 is 0 Å². The van der Waals surface area contributed by atoms with Crippen molar-refractivity contribution < 1.29 is 13.2 Å². The summed E-state index contributed by atoms with van der Waals surface area (Å²) < 4.78 is 29.0. The second-order valence-corrected chi connectivity index (χ2v) is 8.33. The number of aromatic nitrogens is 2. The van der Waals surface area contributed by atoms with Crippen LogP contribution in [0.4, 0.5) is 11.8 Å². The lowest BCUT2D eigenvalue weighted by atomic mass is 10.2. The van der Waals surface area contributed by atoms with Gasteiger partial charge in [-0.05, 0) is 32.3 Å². The molecule has 2 saturated heterocycles. The van der Waals surface area contributed by atoms with Crippen molar-refractivity contribution in [3.63, 3.8) is 0 Å². The van der Waals surface area contributed by atoms with Crippen LogP contribution in [0, 0.1) is 0 Å². The third kappa shape index (κ3) is 4.11. The SMILES string of the molecule is CCN(c1ccnc(NCC2CCCO2)n1)C1CCS(=O)(=O)C1. The first-order chi connectivity index (χ1) is 11.1. The molecule has 23 heavy (non-hydrogen) atoms. The van der Waals surface area contributed by atoms with E-state index in [1.54, 1.807) is 6.20 Å². The third-order valence-corrected chi connectivity index (χ3v) is 6.19. The lowest BCUT2D eigenvalue weighted by molar-refractivity contribution is 0.120. The molecule has 1 aromatic rings. The molecular formula is C15H24N4O3S.